The van der Waals surface area contributed by atoms with Crippen LogP contribution in [0.3, 0.4) is 0 Å². The molecule has 0 amide bonds. The van der Waals surface area contributed by atoms with Crippen LogP contribution in [0, 0.1) is 0 Å². The molecule has 0 unspecified atom stereocenters. The van der Waals surface area contributed by atoms with Gasteiger partial charge in [0.05, 0.1) is 5.69 Å². The second kappa shape index (κ2) is 4.75. The van der Waals surface area contributed by atoms with Crippen molar-refractivity contribution in [1.82, 2.24) is 0 Å². The molecular weight excluding hydrogens is 228 g/mol. The van der Waals surface area contributed by atoms with Gasteiger partial charge in [-0.1, -0.05) is 6.07 Å². The average Bonchev–Trinajstić information content (AvgIpc) is 2.33. The topological polar surface area (TPSA) is 110 Å². The first-order valence-corrected chi connectivity index (χ1v) is 5.53. The normalized spacial score (nSPS) is 10.2. The molecule has 5 heteroatoms. The molecule has 5 nitrogen and oxygen atoms in total. The van der Waals surface area contributed by atoms with Crippen LogP contribution in [0.15, 0.2) is 36.4 Å². The van der Waals surface area contributed by atoms with E-state index in [1.165, 1.54) is 0 Å². The second-order valence-electron chi connectivity index (χ2n) is 4.05. The Kier molecular flexibility index (Phi) is 3.14. The first-order chi connectivity index (χ1) is 8.58. The number of aromatic hydroxyl groups is 1. The van der Waals surface area contributed by atoms with Gasteiger partial charge >= 0.3 is 0 Å². The van der Waals surface area contributed by atoms with Gasteiger partial charge in [-0.2, -0.15) is 0 Å². The molecule has 2 aromatic carbocycles. The van der Waals surface area contributed by atoms with Gasteiger partial charge in [0.15, 0.2) is 0 Å². The number of anilines is 4. The predicted molar refractivity (Wildman–Crippen MR) is 75.1 cm³/mol. The monoisotopic (exact) mass is 244 g/mol. The zero-order chi connectivity index (χ0) is 13.1. The van der Waals surface area contributed by atoms with Crippen LogP contribution in [0.4, 0.5) is 22.7 Å². The van der Waals surface area contributed by atoms with Crippen LogP contribution in [0.1, 0.15) is 5.56 Å². The summed E-state index contributed by atoms with van der Waals surface area (Å²) >= 11 is 0. The molecule has 2 aromatic rings. The Morgan fingerprint density at radius 1 is 1.00 bits per heavy atom. The summed E-state index contributed by atoms with van der Waals surface area (Å²) in [6, 6.07) is 10.3. The largest absolute Gasteiger partial charge is 0.506 e. The first-order valence-electron chi connectivity index (χ1n) is 5.53. The molecule has 0 aromatic heterocycles. The van der Waals surface area contributed by atoms with Gasteiger partial charge in [-0.05, 0) is 35.9 Å². The van der Waals surface area contributed by atoms with E-state index in [0.29, 0.717) is 29.3 Å². The fourth-order valence-corrected chi connectivity index (χ4v) is 1.71. The highest BCUT2D eigenvalue weighted by Gasteiger charge is 2.06. The van der Waals surface area contributed by atoms with E-state index < -0.39 is 0 Å². The third-order valence-corrected chi connectivity index (χ3v) is 2.70. The van der Waals surface area contributed by atoms with Gasteiger partial charge in [0.25, 0.3) is 0 Å². The van der Waals surface area contributed by atoms with Gasteiger partial charge in [-0.15, -0.1) is 0 Å². The van der Waals surface area contributed by atoms with E-state index in [-0.39, 0.29) is 5.75 Å². The summed E-state index contributed by atoms with van der Waals surface area (Å²) in [5.74, 6) is 0.109. The number of phenols is 1. The van der Waals surface area contributed by atoms with Crippen molar-refractivity contribution in [2.45, 2.75) is 6.54 Å². The minimum absolute atomic E-state index is 0.109. The SMILES string of the molecule is Nc1ccc(N)c(CNc2c(N)cccc2O)c1. The molecule has 18 heavy (non-hydrogen) atoms. The lowest BCUT2D eigenvalue weighted by Crippen LogP contribution is -2.05. The van der Waals surface area contributed by atoms with Crippen LogP contribution in [0.2, 0.25) is 0 Å². The highest BCUT2D eigenvalue weighted by Crippen LogP contribution is 2.30. The van der Waals surface area contributed by atoms with Gasteiger partial charge in [-0.25, -0.2) is 0 Å². The molecular formula is C13H16N4O. The fourth-order valence-electron chi connectivity index (χ4n) is 1.71. The lowest BCUT2D eigenvalue weighted by Gasteiger charge is -2.12. The summed E-state index contributed by atoms with van der Waals surface area (Å²) in [6.45, 7) is 0.443. The molecule has 0 saturated heterocycles. The van der Waals surface area contributed by atoms with Crippen molar-refractivity contribution < 1.29 is 5.11 Å². The molecule has 0 radical (unpaired) electrons. The minimum atomic E-state index is 0.109. The van der Waals surface area contributed by atoms with E-state index in [1.54, 1.807) is 36.4 Å². The van der Waals surface area contributed by atoms with Crippen molar-refractivity contribution in [2.24, 2.45) is 0 Å². The number of nitrogens with two attached hydrogens (primary N) is 3. The molecule has 2 rings (SSSR count). The number of para-hydroxylation sites is 1. The van der Waals surface area contributed by atoms with E-state index in [1.807, 2.05) is 0 Å². The van der Waals surface area contributed by atoms with E-state index in [2.05, 4.69) is 5.32 Å². The number of nitrogens with one attached hydrogen (secondary N) is 1. The number of rotatable bonds is 3. The van der Waals surface area contributed by atoms with Crippen molar-refractivity contribution in [2.75, 3.05) is 22.5 Å². The quantitative estimate of drug-likeness (QED) is 0.417. The maximum Gasteiger partial charge on any atom is 0.140 e. The molecule has 0 atom stereocenters. The van der Waals surface area contributed by atoms with Gasteiger partial charge < -0.3 is 27.6 Å². The Morgan fingerprint density at radius 2 is 1.78 bits per heavy atom. The van der Waals surface area contributed by atoms with Crippen LogP contribution in [-0.2, 0) is 6.54 Å². The molecule has 94 valence electrons. The van der Waals surface area contributed by atoms with E-state index >= 15 is 0 Å². The fraction of sp³-hybridized carbons (Fsp3) is 0.0769. The van der Waals surface area contributed by atoms with Crippen molar-refractivity contribution in [3.8, 4) is 5.75 Å². The van der Waals surface area contributed by atoms with Crippen LogP contribution < -0.4 is 22.5 Å². The van der Waals surface area contributed by atoms with E-state index in [9.17, 15) is 5.11 Å². The van der Waals surface area contributed by atoms with Crippen LogP contribution in [0.25, 0.3) is 0 Å². The Labute approximate surface area is 105 Å². The number of hydrogen-bond donors (Lipinski definition) is 5. The lowest BCUT2D eigenvalue weighted by molar-refractivity contribution is 0.477. The molecule has 0 aliphatic carbocycles. The zero-order valence-electron chi connectivity index (χ0n) is 9.85. The third kappa shape index (κ3) is 2.40. The molecule has 0 aliphatic heterocycles. The Bertz CT molecular complexity index is 549. The van der Waals surface area contributed by atoms with Gasteiger partial charge in [-0.3, -0.25) is 0 Å². The third-order valence-electron chi connectivity index (χ3n) is 2.70. The first kappa shape index (κ1) is 11.9. The van der Waals surface area contributed by atoms with Crippen LogP contribution in [0.5, 0.6) is 5.75 Å². The van der Waals surface area contributed by atoms with Crippen molar-refractivity contribution >= 4 is 22.7 Å². The van der Waals surface area contributed by atoms with Crippen LogP contribution >= 0.6 is 0 Å². The summed E-state index contributed by atoms with van der Waals surface area (Å²) in [5.41, 5.74) is 20.4. The Hall–Kier alpha value is -2.56. The highest BCUT2D eigenvalue weighted by atomic mass is 16.3. The maximum atomic E-state index is 9.69. The van der Waals surface area contributed by atoms with Gasteiger partial charge in [0, 0.05) is 17.9 Å². The standard InChI is InChI=1S/C13H16N4O/c14-9-4-5-10(15)8(6-9)7-17-13-11(16)2-1-3-12(13)18/h1-6,17-18H,7,14-16H2. The average molecular weight is 244 g/mol. The van der Waals surface area contributed by atoms with Crippen LogP contribution in [-0.4, -0.2) is 5.11 Å². The lowest BCUT2D eigenvalue weighted by atomic mass is 10.1. The van der Waals surface area contributed by atoms with Crippen molar-refractivity contribution in [1.29, 1.82) is 0 Å². The Morgan fingerprint density at radius 3 is 2.50 bits per heavy atom. The van der Waals surface area contributed by atoms with Gasteiger partial charge in [0.1, 0.15) is 11.4 Å². The summed E-state index contributed by atoms with van der Waals surface area (Å²) in [6.07, 6.45) is 0. The molecule has 0 saturated carbocycles. The number of nitrogen functional groups attached to an aromatic ring is 3. The maximum absolute atomic E-state index is 9.69. The summed E-state index contributed by atoms with van der Waals surface area (Å²) in [5, 5.41) is 12.7. The smallest absolute Gasteiger partial charge is 0.140 e. The molecule has 0 fully saturated rings. The molecule has 0 bridgehead atoms. The predicted octanol–water partition coefficient (Wildman–Crippen LogP) is 1.75. The summed E-state index contributed by atoms with van der Waals surface area (Å²) < 4.78 is 0. The second-order valence-corrected chi connectivity index (χ2v) is 4.05. The Balaban J connectivity index is 2.19. The summed E-state index contributed by atoms with van der Waals surface area (Å²) in [4.78, 5) is 0. The number of benzene rings is 2. The summed E-state index contributed by atoms with van der Waals surface area (Å²) in [7, 11) is 0. The molecule has 0 spiro atoms. The van der Waals surface area contributed by atoms with Crippen molar-refractivity contribution in [3.63, 3.8) is 0 Å². The number of hydrogen-bond acceptors (Lipinski definition) is 5. The van der Waals surface area contributed by atoms with E-state index in [0.717, 1.165) is 5.56 Å². The molecule has 0 aliphatic rings. The molecule has 8 N–H and O–H groups in total. The van der Waals surface area contributed by atoms with Crippen molar-refractivity contribution in [3.05, 3.63) is 42.0 Å². The highest BCUT2D eigenvalue weighted by molar-refractivity contribution is 5.73. The minimum Gasteiger partial charge on any atom is -0.506 e. The van der Waals surface area contributed by atoms with Gasteiger partial charge in [0.2, 0.25) is 0 Å². The number of phenolic OH excluding ortho intramolecular Hbond substituents is 1. The van der Waals surface area contributed by atoms with E-state index in [4.69, 9.17) is 17.2 Å². The zero-order valence-corrected chi connectivity index (χ0v) is 9.85. The molecule has 0 heterocycles.